The highest BCUT2D eigenvalue weighted by molar-refractivity contribution is 5.88. The molecule has 0 saturated carbocycles. The van der Waals surface area contributed by atoms with E-state index in [2.05, 4.69) is 0 Å². The van der Waals surface area contributed by atoms with E-state index < -0.39 is 60.3 Å². The molecule has 1 aliphatic rings. The molecule has 1 aliphatic heterocycles. The molecule has 12 nitrogen and oxygen atoms in total. The van der Waals surface area contributed by atoms with Crippen molar-refractivity contribution in [1.29, 1.82) is 0 Å². The lowest BCUT2D eigenvalue weighted by Crippen LogP contribution is -2.60. The molecule has 4 rings (SSSR count). The van der Waals surface area contributed by atoms with Crippen LogP contribution in [0.25, 0.3) is 22.3 Å². The van der Waals surface area contributed by atoms with Gasteiger partial charge < -0.3 is 55.4 Å². The van der Waals surface area contributed by atoms with Gasteiger partial charge in [-0.3, -0.25) is 0 Å². The Kier molecular flexibility index (Phi) is 5.78. The maximum Gasteiger partial charge on any atom is 0.402 e. The van der Waals surface area contributed by atoms with Crippen molar-refractivity contribution in [3.05, 3.63) is 30.3 Å². The SMILES string of the molecule is OC[C@@H]1O[C@@H](Oc2cc3c(O)cc(O)cc3[o+]c2-c2cc(O)c(O)c(O)c2)[C@@H](O)[C@@H](O)[C@@H]1O. The second-order valence-corrected chi connectivity index (χ2v) is 7.49. The molecule has 176 valence electrons. The van der Waals surface area contributed by atoms with Gasteiger partial charge in [0.1, 0.15) is 41.3 Å². The third-order valence-electron chi connectivity index (χ3n) is 5.24. The lowest BCUT2D eigenvalue weighted by Gasteiger charge is -2.39. The van der Waals surface area contributed by atoms with E-state index in [4.69, 9.17) is 13.9 Å². The van der Waals surface area contributed by atoms with E-state index in [1.807, 2.05) is 0 Å². The lowest BCUT2D eigenvalue weighted by atomic mass is 9.99. The Hall–Kier alpha value is -3.55. The predicted octanol–water partition coefficient (Wildman–Crippen LogP) is 0.0876. The summed E-state index contributed by atoms with van der Waals surface area (Å²) in [6.07, 6.45) is -7.99. The fourth-order valence-corrected chi connectivity index (χ4v) is 3.50. The third-order valence-corrected chi connectivity index (χ3v) is 5.24. The minimum atomic E-state index is -1.76. The smallest absolute Gasteiger partial charge is 0.402 e. The second kappa shape index (κ2) is 8.42. The molecule has 0 bridgehead atoms. The van der Waals surface area contributed by atoms with Crippen LogP contribution < -0.4 is 4.74 Å². The Labute approximate surface area is 185 Å². The van der Waals surface area contributed by atoms with E-state index in [0.29, 0.717) is 0 Å². The molecule has 0 radical (unpaired) electrons. The standard InChI is InChI=1S/C21H20O12/c22-6-15-17(28)18(29)19(30)21(33-15)32-14-5-9-10(24)3-8(23)4-13(9)31-20(14)7-1-11(25)16(27)12(26)2-7/h1-5,15,17-19,21-22,28-30H,6H2,(H4-,23,24,25,26,27)/p+1/t15-,17+,18-,19-,21+/m0/s1. The van der Waals surface area contributed by atoms with Crippen molar-refractivity contribution < 1.29 is 59.8 Å². The van der Waals surface area contributed by atoms with Gasteiger partial charge in [-0.2, -0.15) is 0 Å². The summed E-state index contributed by atoms with van der Waals surface area (Å²) >= 11 is 0. The molecule has 0 amide bonds. The van der Waals surface area contributed by atoms with Crippen LogP contribution >= 0.6 is 0 Å². The number of benzene rings is 2. The van der Waals surface area contributed by atoms with Crippen molar-refractivity contribution >= 4 is 11.0 Å². The number of aliphatic hydroxyl groups excluding tert-OH is 4. The van der Waals surface area contributed by atoms with Crippen LogP contribution in [0.3, 0.4) is 0 Å². The first-order valence-electron chi connectivity index (χ1n) is 9.66. The highest BCUT2D eigenvalue weighted by Gasteiger charge is 2.45. The van der Waals surface area contributed by atoms with Crippen LogP contribution in [0.5, 0.6) is 34.5 Å². The van der Waals surface area contributed by atoms with Crippen LogP contribution in [0.1, 0.15) is 0 Å². The molecule has 33 heavy (non-hydrogen) atoms. The molecular formula is C21H21O12+. The number of rotatable bonds is 4. The van der Waals surface area contributed by atoms with Gasteiger partial charge in [0.2, 0.25) is 12.0 Å². The van der Waals surface area contributed by atoms with Crippen molar-refractivity contribution in [2.75, 3.05) is 6.61 Å². The van der Waals surface area contributed by atoms with E-state index in [0.717, 1.165) is 18.2 Å². The minimum Gasteiger partial charge on any atom is -0.507 e. The maximum atomic E-state index is 10.3. The predicted molar refractivity (Wildman–Crippen MR) is 109 cm³/mol. The van der Waals surface area contributed by atoms with E-state index in [9.17, 15) is 46.0 Å². The van der Waals surface area contributed by atoms with Gasteiger partial charge in [-0.25, -0.2) is 4.42 Å². The Morgan fingerprint density at radius 1 is 0.818 bits per heavy atom. The summed E-state index contributed by atoms with van der Waals surface area (Å²) in [7, 11) is 0. The van der Waals surface area contributed by atoms with Crippen LogP contribution in [0.2, 0.25) is 0 Å². The topological polar surface area (TPSA) is 212 Å². The average Bonchev–Trinajstić information content (AvgIpc) is 2.77. The van der Waals surface area contributed by atoms with Crippen molar-refractivity contribution in [2.24, 2.45) is 0 Å². The maximum absolute atomic E-state index is 10.3. The molecule has 0 spiro atoms. The largest absolute Gasteiger partial charge is 0.507 e. The number of aromatic hydroxyl groups is 5. The molecule has 2 aromatic carbocycles. The normalized spacial score (nSPS) is 25.3. The molecule has 9 N–H and O–H groups in total. The third kappa shape index (κ3) is 4.01. The van der Waals surface area contributed by atoms with E-state index >= 15 is 0 Å². The van der Waals surface area contributed by atoms with Crippen molar-refractivity contribution in [1.82, 2.24) is 0 Å². The number of hydrogen-bond donors (Lipinski definition) is 9. The highest BCUT2D eigenvalue weighted by Crippen LogP contribution is 2.44. The van der Waals surface area contributed by atoms with Gasteiger partial charge in [-0.05, 0) is 0 Å². The minimum absolute atomic E-state index is 0.0212. The number of phenolic OH excluding ortho intramolecular Hbond substituents is 5. The van der Waals surface area contributed by atoms with Crippen LogP contribution in [0.4, 0.5) is 0 Å². The fourth-order valence-electron chi connectivity index (χ4n) is 3.50. The van der Waals surface area contributed by atoms with E-state index in [1.54, 1.807) is 0 Å². The van der Waals surface area contributed by atoms with Gasteiger partial charge in [0, 0.05) is 24.3 Å². The molecule has 2 heterocycles. The summed E-state index contributed by atoms with van der Waals surface area (Å²) in [6, 6.07) is 5.51. The highest BCUT2D eigenvalue weighted by atomic mass is 16.7. The van der Waals surface area contributed by atoms with Gasteiger partial charge in [0.05, 0.1) is 18.2 Å². The molecule has 3 aromatic rings. The summed E-state index contributed by atoms with van der Waals surface area (Å²) in [5.74, 6) is -3.32. The van der Waals surface area contributed by atoms with Gasteiger partial charge in [-0.15, -0.1) is 0 Å². The Bertz CT molecular complexity index is 1170. The summed E-state index contributed by atoms with van der Waals surface area (Å²) in [6.45, 7) is -0.695. The molecule has 1 saturated heterocycles. The van der Waals surface area contributed by atoms with Crippen molar-refractivity contribution in [3.8, 4) is 45.8 Å². The number of phenols is 5. The molecule has 5 atom stereocenters. The van der Waals surface area contributed by atoms with Crippen molar-refractivity contribution in [2.45, 2.75) is 30.7 Å². The first-order chi connectivity index (χ1) is 15.6. The Balaban J connectivity index is 1.86. The summed E-state index contributed by atoms with van der Waals surface area (Å²) in [5, 5.41) is 89.2. The number of ether oxygens (including phenoxy) is 2. The molecule has 0 aliphatic carbocycles. The van der Waals surface area contributed by atoms with Gasteiger partial charge in [-0.1, -0.05) is 0 Å². The zero-order chi connectivity index (χ0) is 24.0. The zero-order valence-corrected chi connectivity index (χ0v) is 16.7. The Morgan fingerprint density at radius 3 is 2.12 bits per heavy atom. The van der Waals surface area contributed by atoms with Crippen molar-refractivity contribution in [3.63, 3.8) is 0 Å². The first-order valence-corrected chi connectivity index (χ1v) is 9.66. The molecule has 1 fully saturated rings. The van der Waals surface area contributed by atoms with Crippen LogP contribution in [0.15, 0.2) is 34.7 Å². The zero-order valence-electron chi connectivity index (χ0n) is 16.7. The van der Waals surface area contributed by atoms with E-state index in [-0.39, 0.29) is 33.8 Å². The molecule has 1 aromatic heterocycles. The lowest BCUT2D eigenvalue weighted by molar-refractivity contribution is -0.277. The summed E-state index contributed by atoms with van der Waals surface area (Å²) in [4.78, 5) is 0. The number of aliphatic hydroxyl groups is 4. The fraction of sp³-hybridized carbons (Fsp3) is 0.286. The quantitative estimate of drug-likeness (QED) is 0.185. The Morgan fingerprint density at radius 2 is 1.48 bits per heavy atom. The van der Waals surface area contributed by atoms with Gasteiger partial charge in [0.25, 0.3) is 0 Å². The van der Waals surface area contributed by atoms with Gasteiger partial charge >= 0.3 is 11.3 Å². The second-order valence-electron chi connectivity index (χ2n) is 7.49. The van der Waals surface area contributed by atoms with Crippen LogP contribution in [0, 0.1) is 0 Å². The van der Waals surface area contributed by atoms with E-state index in [1.165, 1.54) is 12.1 Å². The molecule has 12 heteroatoms. The molecular weight excluding hydrogens is 444 g/mol. The summed E-state index contributed by atoms with van der Waals surface area (Å²) in [5.41, 5.74) is -0.0529. The monoisotopic (exact) mass is 465 g/mol. The number of fused-ring (bicyclic) bond motifs is 1. The summed E-state index contributed by atoms with van der Waals surface area (Å²) < 4.78 is 16.7. The first kappa shape index (κ1) is 22.6. The van der Waals surface area contributed by atoms with Crippen LogP contribution in [-0.4, -0.2) is 83.3 Å². The average molecular weight is 465 g/mol. The van der Waals surface area contributed by atoms with Gasteiger partial charge in [0.15, 0.2) is 17.2 Å². The number of hydrogen-bond acceptors (Lipinski definition) is 11. The van der Waals surface area contributed by atoms with Crippen LogP contribution in [-0.2, 0) is 4.74 Å². The molecule has 0 unspecified atom stereocenters.